The van der Waals surface area contributed by atoms with E-state index in [1.165, 1.54) is 4.90 Å². The van der Waals surface area contributed by atoms with E-state index in [9.17, 15) is 18.0 Å². The molecule has 0 bridgehead atoms. The van der Waals surface area contributed by atoms with E-state index in [1.54, 1.807) is 32.4 Å². The van der Waals surface area contributed by atoms with Crippen LogP contribution < -0.4 is 20.5 Å². The Balaban J connectivity index is 1.70. The molecule has 1 aromatic carbocycles. The Labute approximate surface area is 225 Å². The van der Waals surface area contributed by atoms with Crippen molar-refractivity contribution in [3.8, 4) is 11.5 Å². The number of ether oxygens (including phenoxy) is 2. The third-order valence-corrected chi connectivity index (χ3v) is 7.89. The largest absolute Gasteiger partial charge is 0.497 e. The number of carbonyl (C=O) groups is 1. The van der Waals surface area contributed by atoms with Crippen LogP contribution in [0.3, 0.4) is 0 Å². The maximum absolute atomic E-state index is 14.3. The van der Waals surface area contributed by atoms with Gasteiger partial charge in [0, 0.05) is 24.7 Å². The molecule has 0 radical (unpaired) electrons. The number of piperidine rings is 1. The summed E-state index contributed by atoms with van der Waals surface area (Å²) in [6.07, 6.45) is -1.25. The summed E-state index contributed by atoms with van der Waals surface area (Å²) in [4.78, 5) is 22.5. The Kier molecular flexibility index (Phi) is 8.56. The normalized spacial score (nSPS) is 22.1. The number of benzene rings is 1. The fourth-order valence-electron chi connectivity index (χ4n) is 5.75. The first kappa shape index (κ1) is 28.2. The fourth-order valence-corrected chi connectivity index (χ4v) is 5.93. The molecule has 0 spiro atoms. The van der Waals surface area contributed by atoms with E-state index in [0.29, 0.717) is 36.6 Å². The maximum atomic E-state index is 14.3. The molecule has 38 heavy (non-hydrogen) atoms. The lowest BCUT2D eigenvalue weighted by Crippen LogP contribution is -2.62. The molecule has 2 atom stereocenters. The molecule has 1 amide bonds. The van der Waals surface area contributed by atoms with E-state index in [4.69, 9.17) is 31.8 Å². The predicted octanol–water partition coefficient (Wildman–Crippen LogP) is 5.05. The molecule has 1 saturated carbocycles. The van der Waals surface area contributed by atoms with Crippen molar-refractivity contribution in [2.45, 2.75) is 69.2 Å². The van der Waals surface area contributed by atoms with Crippen molar-refractivity contribution in [1.29, 1.82) is 0 Å². The van der Waals surface area contributed by atoms with Crippen molar-refractivity contribution < 1.29 is 27.4 Å². The highest BCUT2D eigenvalue weighted by molar-refractivity contribution is 6.29. The number of likely N-dealkylation sites (tertiary alicyclic amines) is 1. The second-order valence-corrected chi connectivity index (χ2v) is 10.3. The van der Waals surface area contributed by atoms with Gasteiger partial charge in [-0.3, -0.25) is 9.69 Å². The van der Waals surface area contributed by atoms with Crippen molar-refractivity contribution in [3.63, 3.8) is 0 Å². The molecule has 1 aliphatic carbocycles. The van der Waals surface area contributed by atoms with Gasteiger partial charge in [0.2, 0.25) is 11.9 Å². The molecular formula is C26H33ClF3N5O3. The highest BCUT2D eigenvalue weighted by atomic mass is 35.5. The van der Waals surface area contributed by atoms with Crippen LogP contribution in [0, 0.1) is 5.92 Å². The number of nitrogens with zero attached hydrogens (tertiary/aromatic N) is 3. The number of amides is 1. The maximum Gasteiger partial charge on any atom is 0.404 e. The molecule has 1 aliphatic heterocycles. The van der Waals surface area contributed by atoms with Crippen LogP contribution in [0.2, 0.25) is 5.15 Å². The van der Waals surface area contributed by atoms with Crippen molar-refractivity contribution in [2.24, 2.45) is 11.7 Å². The average Bonchev–Trinajstić information content (AvgIpc) is 2.91. The summed E-state index contributed by atoms with van der Waals surface area (Å²) in [5.74, 6) is 0.188. The van der Waals surface area contributed by atoms with E-state index in [2.05, 4.69) is 10.3 Å². The monoisotopic (exact) mass is 555 g/mol. The van der Waals surface area contributed by atoms with Crippen LogP contribution in [0.1, 0.15) is 56.2 Å². The van der Waals surface area contributed by atoms with Crippen LogP contribution >= 0.6 is 11.6 Å². The highest BCUT2D eigenvalue weighted by Crippen LogP contribution is 2.48. The quantitative estimate of drug-likeness (QED) is 0.440. The van der Waals surface area contributed by atoms with Crippen LogP contribution in [-0.4, -0.2) is 53.8 Å². The van der Waals surface area contributed by atoms with Gasteiger partial charge in [-0.15, -0.1) is 0 Å². The number of hydrogen-bond donors (Lipinski definition) is 2. The Morgan fingerprint density at radius 3 is 2.53 bits per heavy atom. The summed E-state index contributed by atoms with van der Waals surface area (Å²) in [5, 5.41) is 3.26. The van der Waals surface area contributed by atoms with Gasteiger partial charge in [0.15, 0.2) is 0 Å². The number of aromatic nitrogens is 2. The lowest BCUT2D eigenvalue weighted by atomic mass is 9.74. The zero-order valence-electron chi connectivity index (χ0n) is 21.5. The van der Waals surface area contributed by atoms with Crippen molar-refractivity contribution >= 4 is 23.5 Å². The van der Waals surface area contributed by atoms with Crippen molar-refractivity contribution in [1.82, 2.24) is 14.9 Å². The van der Waals surface area contributed by atoms with Gasteiger partial charge in [-0.2, -0.15) is 13.2 Å². The van der Waals surface area contributed by atoms with Gasteiger partial charge < -0.3 is 20.5 Å². The highest BCUT2D eigenvalue weighted by Gasteiger charge is 2.55. The second-order valence-electron chi connectivity index (χ2n) is 9.91. The van der Waals surface area contributed by atoms with Gasteiger partial charge in [-0.05, 0) is 43.9 Å². The van der Waals surface area contributed by atoms with Gasteiger partial charge in [-0.25, -0.2) is 9.97 Å². The average molecular weight is 556 g/mol. The molecule has 208 valence electrons. The van der Waals surface area contributed by atoms with Gasteiger partial charge >= 0.3 is 6.18 Å². The molecule has 12 heteroatoms. The minimum Gasteiger partial charge on any atom is -0.497 e. The van der Waals surface area contributed by atoms with Crippen LogP contribution in [0.4, 0.5) is 19.1 Å². The predicted molar refractivity (Wildman–Crippen MR) is 137 cm³/mol. The molecule has 1 saturated heterocycles. The number of alkyl halides is 3. The molecule has 1 aromatic heterocycles. The van der Waals surface area contributed by atoms with E-state index in [1.807, 2.05) is 6.07 Å². The molecule has 8 nitrogen and oxygen atoms in total. The van der Waals surface area contributed by atoms with E-state index >= 15 is 0 Å². The van der Waals surface area contributed by atoms with Gasteiger partial charge in [-0.1, -0.05) is 30.9 Å². The number of hydrogen-bond acceptors (Lipinski definition) is 7. The number of primary amides is 1. The molecule has 4 rings (SSSR count). The summed E-state index contributed by atoms with van der Waals surface area (Å²) in [6.45, 7) is 0.214. The lowest BCUT2D eigenvalue weighted by Gasteiger charge is -2.52. The van der Waals surface area contributed by atoms with Crippen LogP contribution in [0.25, 0.3) is 0 Å². The first-order valence-electron chi connectivity index (χ1n) is 12.7. The molecule has 3 N–H and O–H groups in total. The van der Waals surface area contributed by atoms with Gasteiger partial charge in [0.25, 0.3) is 0 Å². The molecule has 2 aliphatic rings. The number of carbonyl (C=O) groups excluding carboxylic acids is 1. The third kappa shape index (κ3) is 5.93. The van der Waals surface area contributed by atoms with E-state index < -0.39 is 29.6 Å². The number of nitrogens with two attached hydrogens (primary N) is 1. The van der Waals surface area contributed by atoms with Crippen molar-refractivity contribution in [2.75, 3.05) is 26.1 Å². The summed E-state index contributed by atoms with van der Waals surface area (Å²) in [6, 6.07) is 5.23. The summed E-state index contributed by atoms with van der Waals surface area (Å²) in [5.41, 5.74) is 5.74. The lowest BCUT2D eigenvalue weighted by molar-refractivity contribution is -0.217. The number of nitrogens with one attached hydrogen (secondary N) is 1. The molecule has 2 unspecified atom stereocenters. The topological polar surface area (TPSA) is 103 Å². The Morgan fingerprint density at radius 2 is 1.89 bits per heavy atom. The van der Waals surface area contributed by atoms with E-state index in [0.717, 1.165) is 24.8 Å². The number of halogens is 4. The second kappa shape index (κ2) is 11.5. The van der Waals surface area contributed by atoms with E-state index in [-0.39, 0.29) is 30.5 Å². The van der Waals surface area contributed by atoms with Crippen LogP contribution in [0.5, 0.6) is 11.5 Å². The summed E-state index contributed by atoms with van der Waals surface area (Å²) in [7, 11) is 3.11. The first-order valence-corrected chi connectivity index (χ1v) is 13.1. The molecular weight excluding hydrogens is 523 g/mol. The minimum atomic E-state index is -4.46. The molecule has 2 heterocycles. The summed E-state index contributed by atoms with van der Waals surface area (Å²) < 4.78 is 53.6. The van der Waals surface area contributed by atoms with Crippen LogP contribution in [-0.2, 0) is 16.9 Å². The Hall–Kier alpha value is -2.79. The Bertz CT molecular complexity index is 1140. The van der Waals surface area contributed by atoms with Gasteiger partial charge in [0.05, 0.1) is 31.4 Å². The van der Waals surface area contributed by atoms with Crippen LogP contribution in [0.15, 0.2) is 24.3 Å². The summed E-state index contributed by atoms with van der Waals surface area (Å²) >= 11 is 6.41. The van der Waals surface area contributed by atoms with Gasteiger partial charge in [0.1, 0.15) is 22.7 Å². The smallest absolute Gasteiger partial charge is 0.404 e. The number of methoxy groups -OCH3 is 2. The fraction of sp³-hybridized carbons (Fsp3) is 0.577. The SMILES string of the molecule is COc1ccc(CNc2nc(Cl)cc(C3(N4CC(C(N)=O)CCC4C(F)(F)F)CCCCC3)n2)c(OC)c1. The van der Waals surface area contributed by atoms with Crippen molar-refractivity contribution in [3.05, 3.63) is 40.7 Å². The third-order valence-electron chi connectivity index (χ3n) is 7.70. The number of rotatable bonds is 8. The zero-order valence-corrected chi connectivity index (χ0v) is 22.2. The molecule has 2 fully saturated rings. The standard InChI is InChI=1S/C26H33ClF3N5O3/c1-37-18-8-6-16(19(12-18)38-2)14-32-24-33-20(13-22(27)34-24)25(10-4-3-5-11-25)35-15-17(23(31)36)7-9-21(35)26(28,29)30/h6,8,12-13,17,21H,3-5,7,9-11,14-15H2,1-2H3,(H2,31,36)(H,32,33,34). The first-order chi connectivity index (χ1) is 18.1. The minimum absolute atomic E-state index is 0.0764. The zero-order chi connectivity index (χ0) is 27.5. The Morgan fingerprint density at radius 1 is 1.16 bits per heavy atom. The number of anilines is 1. The molecule has 2 aromatic rings.